The number of nitrogens with zero attached hydrogens (tertiary/aromatic N) is 3. The van der Waals surface area contributed by atoms with Crippen molar-refractivity contribution >= 4 is 55.6 Å². The summed E-state index contributed by atoms with van der Waals surface area (Å²) in [6, 6.07) is 16.3. The van der Waals surface area contributed by atoms with Gasteiger partial charge in [-0.25, -0.2) is 8.42 Å². The topological polar surface area (TPSA) is 106 Å². The van der Waals surface area contributed by atoms with Crippen molar-refractivity contribution in [2.75, 3.05) is 25.4 Å². The van der Waals surface area contributed by atoms with E-state index in [0.29, 0.717) is 34.1 Å². The van der Waals surface area contributed by atoms with E-state index >= 15 is 0 Å². The summed E-state index contributed by atoms with van der Waals surface area (Å²) < 4.78 is 36.4. The van der Waals surface area contributed by atoms with E-state index in [9.17, 15) is 13.2 Å². The molecule has 1 atom stereocenters. The Morgan fingerprint density at radius 3 is 2.68 bits per heavy atom. The number of sulfonamides is 1. The number of halogens is 1. The third kappa shape index (κ3) is 5.51. The maximum absolute atomic E-state index is 13.0. The van der Waals surface area contributed by atoms with Crippen molar-refractivity contribution in [1.29, 1.82) is 0 Å². The first-order valence-electron chi connectivity index (χ1n) is 12.1. The first-order valence-corrected chi connectivity index (χ1v) is 14.8. The van der Waals surface area contributed by atoms with Gasteiger partial charge in [-0.1, -0.05) is 41.9 Å². The number of anilines is 1. The number of carbonyl (C=O) groups is 1. The number of amides is 1. The highest BCUT2D eigenvalue weighted by atomic mass is 35.5. The number of carbonyl (C=O) groups excluding carboxylic acids is 1. The molecule has 0 radical (unpaired) electrons. The summed E-state index contributed by atoms with van der Waals surface area (Å²) in [4.78, 5) is 14.7. The molecule has 1 fully saturated rings. The maximum Gasteiger partial charge on any atom is 0.272 e. The molecule has 2 N–H and O–H groups in total. The number of thiophene rings is 1. The van der Waals surface area contributed by atoms with Gasteiger partial charge < -0.3 is 10.1 Å². The average molecular weight is 574 g/mol. The van der Waals surface area contributed by atoms with Gasteiger partial charge in [0.15, 0.2) is 5.82 Å². The fraction of sp³-hybridized carbons (Fsp3) is 0.308. The van der Waals surface area contributed by atoms with Crippen molar-refractivity contribution in [2.45, 2.75) is 36.2 Å². The highest BCUT2D eigenvalue weighted by molar-refractivity contribution is 7.94. The number of aromatic nitrogens is 2. The molecule has 12 heteroatoms. The summed E-state index contributed by atoms with van der Waals surface area (Å²) in [6.45, 7) is 1.76. The molecular formula is C26H28ClN5O4S2. The Morgan fingerprint density at radius 2 is 1.97 bits per heavy atom. The number of likely N-dealkylation sites (tertiary alicyclic amines) is 1. The zero-order chi connectivity index (χ0) is 26.9. The third-order valence-corrected chi connectivity index (χ3v) is 9.68. The number of hydrogen-bond donors (Lipinski definition) is 2. The van der Waals surface area contributed by atoms with E-state index in [1.807, 2.05) is 43.4 Å². The minimum atomic E-state index is -3.89. The van der Waals surface area contributed by atoms with Crippen LogP contribution in [0.4, 0.5) is 5.82 Å². The standard InChI is InChI=1S/C26H28ClN5O4S2/c1-31-13-5-9-20(31)26(33)28-15-17-6-3-7-18(14-17)16-32-19-8-4-10-21(36-2)24(19)25(29-32)30-38(34,35)23-12-11-22(27)37-23/h3-4,6-8,10-12,14,20H,5,9,13,15-16H2,1-2H3,(H,28,33)(H,29,30)/t20-/m1/s1. The average Bonchev–Trinajstić information content (AvgIpc) is 3.62. The van der Waals surface area contributed by atoms with Crippen LogP contribution in [0, 0.1) is 0 Å². The van der Waals surface area contributed by atoms with E-state index in [1.165, 1.54) is 13.2 Å². The number of ether oxygens (including phenoxy) is 1. The quantitative estimate of drug-likeness (QED) is 0.309. The first kappa shape index (κ1) is 26.5. The minimum Gasteiger partial charge on any atom is -0.496 e. The van der Waals surface area contributed by atoms with Crippen LogP contribution in [-0.4, -0.2) is 55.7 Å². The van der Waals surface area contributed by atoms with Gasteiger partial charge in [0.05, 0.1) is 34.9 Å². The van der Waals surface area contributed by atoms with Crippen molar-refractivity contribution < 1.29 is 17.9 Å². The van der Waals surface area contributed by atoms with Crippen LogP contribution in [0.5, 0.6) is 5.75 Å². The molecule has 0 spiro atoms. The molecule has 1 aliphatic rings. The predicted octanol–water partition coefficient (Wildman–Crippen LogP) is 4.32. The van der Waals surface area contributed by atoms with Gasteiger partial charge in [0.2, 0.25) is 5.91 Å². The van der Waals surface area contributed by atoms with Gasteiger partial charge in [0, 0.05) is 6.54 Å². The Labute approximate surface area is 230 Å². The molecule has 0 aliphatic carbocycles. The zero-order valence-corrected chi connectivity index (χ0v) is 23.4. The number of likely N-dealkylation sites (N-methyl/N-ethyl adjacent to an activating group) is 1. The number of rotatable bonds is 9. The highest BCUT2D eigenvalue weighted by Crippen LogP contribution is 2.35. The summed E-state index contributed by atoms with van der Waals surface area (Å²) in [5.74, 6) is 0.722. The van der Waals surface area contributed by atoms with Crippen LogP contribution in [-0.2, 0) is 27.9 Å². The van der Waals surface area contributed by atoms with Gasteiger partial charge >= 0.3 is 0 Å². The van der Waals surface area contributed by atoms with E-state index in [-0.39, 0.29) is 22.0 Å². The Morgan fingerprint density at radius 1 is 1.18 bits per heavy atom. The zero-order valence-electron chi connectivity index (χ0n) is 21.0. The fourth-order valence-electron chi connectivity index (χ4n) is 4.74. The lowest BCUT2D eigenvalue weighted by Crippen LogP contribution is -2.41. The van der Waals surface area contributed by atoms with Crippen LogP contribution in [0.3, 0.4) is 0 Å². The van der Waals surface area contributed by atoms with Crippen LogP contribution in [0.25, 0.3) is 10.9 Å². The van der Waals surface area contributed by atoms with Crippen LogP contribution in [0.2, 0.25) is 4.34 Å². The maximum atomic E-state index is 13.0. The Balaban J connectivity index is 1.40. The number of methoxy groups -OCH3 is 1. The van der Waals surface area contributed by atoms with E-state index in [1.54, 1.807) is 16.8 Å². The summed E-state index contributed by atoms with van der Waals surface area (Å²) in [6.07, 6.45) is 1.91. The number of hydrogen-bond acceptors (Lipinski definition) is 7. The molecule has 200 valence electrons. The molecule has 38 heavy (non-hydrogen) atoms. The monoisotopic (exact) mass is 573 g/mol. The number of benzene rings is 2. The molecule has 2 aromatic heterocycles. The van der Waals surface area contributed by atoms with Crippen LogP contribution >= 0.6 is 22.9 Å². The third-order valence-electron chi connectivity index (χ3n) is 6.62. The van der Waals surface area contributed by atoms with Crippen LogP contribution in [0.1, 0.15) is 24.0 Å². The van der Waals surface area contributed by atoms with Crippen LogP contribution in [0.15, 0.2) is 58.8 Å². The number of nitrogens with one attached hydrogen (secondary N) is 2. The summed E-state index contributed by atoms with van der Waals surface area (Å²) in [7, 11) is -0.383. The SMILES string of the molecule is COc1cccc2c1c(NS(=O)(=O)c1ccc(Cl)s1)nn2Cc1cccc(CNC(=O)[C@H]2CCCN2C)c1. The molecule has 0 saturated carbocycles. The van der Waals surface area contributed by atoms with Gasteiger partial charge in [-0.3, -0.25) is 19.1 Å². The van der Waals surface area contributed by atoms with Crippen molar-refractivity contribution in [1.82, 2.24) is 20.0 Å². The summed E-state index contributed by atoms with van der Waals surface area (Å²) >= 11 is 6.93. The van der Waals surface area contributed by atoms with Crippen molar-refractivity contribution in [3.8, 4) is 5.75 Å². The Kier molecular flexibility index (Phi) is 7.62. The molecule has 1 aliphatic heterocycles. The second-order valence-electron chi connectivity index (χ2n) is 9.20. The largest absolute Gasteiger partial charge is 0.496 e. The number of fused-ring (bicyclic) bond motifs is 1. The van der Waals surface area contributed by atoms with Gasteiger partial charge in [0.25, 0.3) is 10.0 Å². The Bertz CT molecular complexity index is 1580. The predicted molar refractivity (Wildman–Crippen MR) is 149 cm³/mol. The molecule has 9 nitrogen and oxygen atoms in total. The molecule has 5 rings (SSSR count). The molecule has 1 amide bonds. The summed E-state index contributed by atoms with van der Waals surface area (Å²) in [5, 5.41) is 8.23. The minimum absolute atomic E-state index is 0.0459. The smallest absolute Gasteiger partial charge is 0.272 e. The Hall–Kier alpha value is -3.12. The van der Waals surface area contributed by atoms with E-state index < -0.39 is 10.0 Å². The summed E-state index contributed by atoms with van der Waals surface area (Å²) in [5.41, 5.74) is 2.65. The lowest BCUT2D eigenvalue weighted by molar-refractivity contribution is -0.125. The molecule has 3 heterocycles. The van der Waals surface area contributed by atoms with Gasteiger partial charge in [-0.15, -0.1) is 11.3 Å². The highest BCUT2D eigenvalue weighted by Gasteiger charge is 2.27. The normalized spacial score (nSPS) is 16.1. The fourth-order valence-corrected chi connectivity index (χ4v) is 7.23. The van der Waals surface area contributed by atoms with E-state index in [0.717, 1.165) is 41.9 Å². The van der Waals surface area contributed by atoms with E-state index in [2.05, 4.69) is 20.0 Å². The van der Waals surface area contributed by atoms with Gasteiger partial charge in [-0.2, -0.15) is 5.10 Å². The lowest BCUT2D eigenvalue weighted by atomic mass is 10.1. The van der Waals surface area contributed by atoms with Crippen molar-refractivity contribution in [3.05, 3.63) is 70.1 Å². The van der Waals surface area contributed by atoms with Crippen LogP contribution < -0.4 is 14.8 Å². The molecule has 0 unspecified atom stereocenters. The first-order chi connectivity index (χ1) is 18.2. The second-order valence-corrected chi connectivity index (χ2v) is 12.8. The molecule has 4 aromatic rings. The van der Waals surface area contributed by atoms with E-state index in [4.69, 9.17) is 16.3 Å². The van der Waals surface area contributed by atoms with Crippen molar-refractivity contribution in [2.24, 2.45) is 0 Å². The molecule has 1 saturated heterocycles. The lowest BCUT2D eigenvalue weighted by Gasteiger charge is -2.18. The molecule has 0 bridgehead atoms. The molecular weight excluding hydrogens is 546 g/mol. The van der Waals surface area contributed by atoms with Gasteiger partial charge in [0.1, 0.15) is 9.96 Å². The van der Waals surface area contributed by atoms with Gasteiger partial charge in [-0.05, 0) is 61.8 Å². The second kappa shape index (κ2) is 10.9. The molecule has 2 aromatic carbocycles. The van der Waals surface area contributed by atoms with Crippen molar-refractivity contribution in [3.63, 3.8) is 0 Å².